The molecule has 0 spiro atoms. The molecule has 0 saturated carbocycles. The molecule has 0 amide bonds. The molecule has 1 N–H and O–H groups in total. The van der Waals surface area contributed by atoms with Gasteiger partial charge in [-0.1, -0.05) is 24.3 Å². The van der Waals surface area contributed by atoms with Crippen molar-refractivity contribution in [1.82, 2.24) is 9.47 Å². The Labute approximate surface area is 166 Å². The third-order valence-corrected chi connectivity index (χ3v) is 5.46. The van der Waals surface area contributed by atoms with Crippen molar-refractivity contribution in [2.75, 3.05) is 13.1 Å². The van der Waals surface area contributed by atoms with E-state index in [-0.39, 0.29) is 0 Å². The molecule has 1 fully saturated rings. The van der Waals surface area contributed by atoms with Crippen molar-refractivity contribution in [2.45, 2.75) is 25.6 Å². The summed E-state index contributed by atoms with van der Waals surface area (Å²) in [6.45, 7) is 1.70. The largest absolute Gasteiger partial charge is 0.481 e. The van der Waals surface area contributed by atoms with Crippen molar-refractivity contribution in [1.29, 1.82) is 0 Å². The van der Waals surface area contributed by atoms with Gasteiger partial charge < -0.3 is 9.67 Å². The average Bonchev–Trinajstić information content (AvgIpc) is 3.05. The van der Waals surface area contributed by atoms with E-state index in [1.54, 1.807) is 6.07 Å². The number of carboxylic acids is 1. The number of halogens is 3. The Kier molecular flexibility index (Phi) is 5.08. The van der Waals surface area contributed by atoms with Crippen LogP contribution in [0.15, 0.2) is 54.6 Å². The fraction of sp³-hybridized carbons (Fsp3) is 0.318. The number of fused-ring (bicyclic) bond motifs is 1. The average molecular weight is 402 g/mol. The zero-order valence-electron chi connectivity index (χ0n) is 15.7. The molecule has 29 heavy (non-hydrogen) atoms. The first-order valence-electron chi connectivity index (χ1n) is 9.55. The van der Waals surface area contributed by atoms with Gasteiger partial charge >= 0.3 is 12.1 Å². The van der Waals surface area contributed by atoms with Gasteiger partial charge in [-0.3, -0.25) is 9.69 Å². The fourth-order valence-electron chi connectivity index (χ4n) is 4.08. The van der Waals surface area contributed by atoms with Gasteiger partial charge in [0, 0.05) is 29.9 Å². The summed E-state index contributed by atoms with van der Waals surface area (Å²) in [5.41, 5.74) is 1.43. The van der Waals surface area contributed by atoms with E-state index in [0.29, 0.717) is 25.2 Å². The molecule has 1 aromatic heterocycles. The second kappa shape index (κ2) is 7.55. The molecular weight excluding hydrogens is 381 g/mol. The number of nitrogens with zero attached hydrogens (tertiary/aromatic N) is 2. The molecule has 3 aromatic rings. The highest BCUT2D eigenvalue weighted by Crippen LogP contribution is 2.32. The summed E-state index contributed by atoms with van der Waals surface area (Å²) in [5.74, 6) is -1.21. The van der Waals surface area contributed by atoms with Crippen LogP contribution in [0.5, 0.6) is 0 Å². The number of aromatic nitrogens is 1. The topological polar surface area (TPSA) is 45.5 Å². The van der Waals surface area contributed by atoms with E-state index >= 15 is 0 Å². The SMILES string of the molecule is O=C(O)C1CCCN(Cc2cc3ccccc3n2-c2cccc(C(F)(F)F)c2)C1. The minimum atomic E-state index is -4.42. The summed E-state index contributed by atoms with van der Waals surface area (Å²) in [4.78, 5) is 13.4. The number of alkyl halides is 3. The number of carboxylic acid groups (broad SMARTS) is 1. The van der Waals surface area contributed by atoms with Gasteiger partial charge in [0.05, 0.1) is 17.0 Å². The summed E-state index contributed by atoms with van der Waals surface area (Å²) < 4.78 is 41.6. The molecule has 0 bridgehead atoms. The predicted octanol–water partition coefficient (Wildman–Crippen LogP) is 4.95. The zero-order valence-corrected chi connectivity index (χ0v) is 15.7. The van der Waals surface area contributed by atoms with Crippen LogP contribution >= 0.6 is 0 Å². The van der Waals surface area contributed by atoms with Crippen LogP contribution in [-0.2, 0) is 17.5 Å². The first-order chi connectivity index (χ1) is 13.8. The Balaban J connectivity index is 1.75. The number of hydrogen-bond acceptors (Lipinski definition) is 2. The third-order valence-electron chi connectivity index (χ3n) is 5.46. The molecule has 4 rings (SSSR count). The van der Waals surface area contributed by atoms with Crippen molar-refractivity contribution < 1.29 is 23.1 Å². The number of aliphatic carboxylic acids is 1. The van der Waals surface area contributed by atoms with Crippen LogP contribution in [0.4, 0.5) is 13.2 Å². The lowest BCUT2D eigenvalue weighted by atomic mass is 9.98. The molecule has 0 aliphatic carbocycles. The van der Waals surface area contributed by atoms with Crippen LogP contribution in [0.3, 0.4) is 0 Å². The van der Waals surface area contributed by atoms with Crippen LogP contribution in [-0.4, -0.2) is 33.6 Å². The van der Waals surface area contributed by atoms with Crippen LogP contribution in [0.25, 0.3) is 16.6 Å². The summed E-state index contributed by atoms with van der Waals surface area (Å²) in [6, 6.07) is 14.8. The van der Waals surface area contributed by atoms with Crippen LogP contribution in [0.1, 0.15) is 24.1 Å². The van der Waals surface area contributed by atoms with Gasteiger partial charge in [-0.15, -0.1) is 0 Å². The number of carbonyl (C=O) groups is 1. The number of benzene rings is 2. The lowest BCUT2D eigenvalue weighted by Crippen LogP contribution is -2.38. The van der Waals surface area contributed by atoms with Crippen LogP contribution in [0.2, 0.25) is 0 Å². The second-order valence-corrected chi connectivity index (χ2v) is 7.49. The molecule has 4 nitrogen and oxygen atoms in total. The van der Waals surface area contributed by atoms with E-state index in [1.807, 2.05) is 34.9 Å². The Hall–Kier alpha value is -2.80. The van der Waals surface area contributed by atoms with Crippen molar-refractivity contribution >= 4 is 16.9 Å². The number of hydrogen-bond donors (Lipinski definition) is 1. The van der Waals surface area contributed by atoms with Gasteiger partial charge in [-0.2, -0.15) is 13.2 Å². The van der Waals surface area contributed by atoms with Crippen molar-refractivity contribution in [3.8, 4) is 5.69 Å². The van der Waals surface area contributed by atoms with Crippen molar-refractivity contribution in [2.24, 2.45) is 5.92 Å². The van der Waals surface area contributed by atoms with Gasteiger partial charge in [0.25, 0.3) is 0 Å². The first-order valence-corrected chi connectivity index (χ1v) is 9.55. The molecule has 1 saturated heterocycles. The molecule has 152 valence electrons. The monoisotopic (exact) mass is 402 g/mol. The van der Waals surface area contributed by atoms with E-state index in [4.69, 9.17) is 0 Å². The van der Waals surface area contributed by atoms with Gasteiger partial charge in [0.2, 0.25) is 0 Å². The van der Waals surface area contributed by atoms with Gasteiger partial charge in [-0.25, -0.2) is 0 Å². The minimum Gasteiger partial charge on any atom is -0.481 e. The summed E-state index contributed by atoms with van der Waals surface area (Å²) in [5, 5.41) is 10.3. The normalized spacial score (nSPS) is 18.2. The molecule has 7 heteroatoms. The molecule has 2 aromatic carbocycles. The lowest BCUT2D eigenvalue weighted by Gasteiger charge is -2.30. The minimum absolute atomic E-state index is 0.407. The highest BCUT2D eigenvalue weighted by molar-refractivity contribution is 5.83. The molecule has 1 unspecified atom stereocenters. The van der Waals surface area contributed by atoms with E-state index in [9.17, 15) is 23.1 Å². The van der Waals surface area contributed by atoms with Gasteiger partial charge in [-0.05, 0) is 49.7 Å². The third kappa shape index (κ3) is 4.00. The maximum Gasteiger partial charge on any atom is 0.416 e. The summed E-state index contributed by atoms with van der Waals surface area (Å²) in [7, 11) is 0. The Morgan fingerprint density at radius 3 is 2.66 bits per heavy atom. The fourth-order valence-corrected chi connectivity index (χ4v) is 4.08. The maximum absolute atomic E-state index is 13.2. The van der Waals surface area contributed by atoms with Crippen LogP contribution in [0, 0.1) is 5.92 Å². The number of piperidine rings is 1. The van der Waals surface area contributed by atoms with E-state index < -0.39 is 23.6 Å². The molecule has 2 heterocycles. The number of rotatable bonds is 4. The molecule has 1 atom stereocenters. The van der Waals surface area contributed by atoms with Gasteiger partial charge in [0.1, 0.15) is 0 Å². The van der Waals surface area contributed by atoms with Crippen molar-refractivity contribution in [3.63, 3.8) is 0 Å². The lowest BCUT2D eigenvalue weighted by molar-refractivity contribution is -0.143. The van der Waals surface area contributed by atoms with E-state index in [0.717, 1.165) is 41.7 Å². The van der Waals surface area contributed by atoms with Crippen LogP contribution < -0.4 is 0 Å². The molecule has 1 aliphatic rings. The summed E-state index contributed by atoms with van der Waals surface area (Å²) in [6.07, 6.45) is -2.97. The Morgan fingerprint density at radius 1 is 1.10 bits per heavy atom. The highest BCUT2D eigenvalue weighted by Gasteiger charge is 2.31. The Morgan fingerprint density at radius 2 is 1.90 bits per heavy atom. The maximum atomic E-state index is 13.2. The van der Waals surface area contributed by atoms with E-state index in [1.165, 1.54) is 6.07 Å². The standard InChI is InChI=1S/C22H21F3N2O2/c23-22(24,25)17-7-3-8-18(12-17)27-19(11-15-5-1-2-9-20(15)27)14-26-10-4-6-16(13-26)21(28)29/h1-3,5,7-9,11-12,16H,4,6,10,13-14H2,(H,28,29). The number of para-hydroxylation sites is 1. The van der Waals surface area contributed by atoms with E-state index in [2.05, 4.69) is 4.90 Å². The first kappa shape index (κ1) is 19.5. The van der Waals surface area contributed by atoms with Gasteiger partial charge in [0.15, 0.2) is 0 Å². The molecule has 1 aliphatic heterocycles. The predicted molar refractivity (Wildman–Crippen MR) is 104 cm³/mol. The molecular formula is C22H21F3N2O2. The number of likely N-dealkylation sites (tertiary alicyclic amines) is 1. The molecule has 0 radical (unpaired) electrons. The zero-order chi connectivity index (χ0) is 20.6. The summed E-state index contributed by atoms with van der Waals surface area (Å²) >= 11 is 0. The Bertz CT molecular complexity index is 1040. The smallest absolute Gasteiger partial charge is 0.416 e. The van der Waals surface area contributed by atoms with Crippen molar-refractivity contribution in [3.05, 3.63) is 65.9 Å². The quantitative estimate of drug-likeness (QED) is 0.672. The highest BCUT2D eigenvalue weighted by atomic mass is 19.4. The second-order valence-electron chi connectivity index (χ2n) is 7.49.